The van der Waals surface area contributed by atoms with Crippen molar-refractivity contribution in [1.82, 2.24) is 4.98 Å². The summed E-state index contributed by atoms with van der Waals surface area (Å²) in [6, 6.07) is 20.6. The number of ether oxygens (including phenoxy) is 2. The van der Waals surface area contributed by atoms with Crippen molar-refractivity contribution in [2.24, 2.45) is 0 Å². The van der Waals surface area contributed by atoms with Gasteiger partial charge in [-0.25, -0.2) is 9.78 Å². The Kier molecular flexibility index (Phi) is 7.36. The van der Waals surface area contributed by atoms with Crippen LogP contribution in [0.5, 0.6) is 11.5 Å². The van der Waals surface area contributed by atoms with Gasteiger partial charge in [0.25, 0.3) is 5.91 Å². The molecule has 34 heavy (non-hydrogen) atoms. The lowest BCUT2D eigenvalue weighted by molar-refractivity contribution is 0.102. The Balaban J connectivity index is 1.34. The van der Waals surface area contributed by atoms with Crippen molar-refractivity contribution in [1.29, 1.82) is 0 Å². The minimum Gasteiger partial charge on any atom is -0.493 e. The van der Waals surface area contributed by atoms with Crippen LogP contribution in [0.2, 0.25) is 0 Å². The van der Waals surface area contributed by atoms with E-state index in [9.17, 15) is 9.59 Å². The quantitative estimate of drug-likeness (QED) is 0.307. The number of nitrogens with zero attached hydrogens (tertiary/aromatic N) is 1. The van der Waals surface area contributed by atoms with Crippen LogP contribution in [-0.2, 0) is 6.61 Å². The zero-order chi connectivity index (χ0) is 23.8. The van der Waals surface area contributed by atoms with E-state index in [4.69, 9.17) is 9.47 Å². The number of amides is 3. The lowest BCUT2D eigenvalue weighted by Gasteiger charge is -2.12. The summed E-state index contributed by atoms with van der Waals surface area (Å²) in [6.45, 7) is 0.315. The van der Waals surface area contributed by atoms with Gasteiger partial charge >= 0.3 is 6.03 Å². The monoisotopic (exact) mass is 474 g/mol. The van der Waals surface area contributed by atoms with Crippen molar-refractivity contribution in [3.05, 3.63) is 94.9 Å². The first-order valence-corrected chi connectivity index (χ1v) is 11.3. The molecule has 3 N–H and O–H groups in total. The molecule has 3 amide bonds. The normalized spacial score (nSPS) is 10.3. The molecule has 0 aliphatic carbocycles. The van der Waals surface area contributed by atoms with E-state index in [0.29, 0.717) is 40.7 Å². The number of benzene rings is 3. The standard InChI is InChI=1S/C25H22N4O4S/c1-32-23-13-17(7-12-22(23)33-14-21-15-34-16-26-21)24(30)27-19-8-10-20(11-9-19)29-25(31)28-18-5-3-2-4-6-18/h2-13,15-16H,14H2,1H3,(H,27,30)(H2,28,29,31). The van der Waals surface area contributed by atoms with Crippen LogP contribution in [-0.4, -0.2) is 24.0 Å². The number of carbonyl (C=O) groups is 2. The van der Waals surface area contributed by atoms with Gasteiger partial charge in [-0.3, -0.25) is 4.79 Å². The summed E-state index contributed by atoms with van der Waals surface area (Å²) in [5.74, 6) is 0.676. The fourth-order valence-corrected chi connectivity index (χ4v) is 3.59. The van der Waals surface area contributed by atoms with Crippen molar-refractivity contribution in [2.45, 2.75) is 6.61 Å². The molecule has 0 aliphatic heterocycles. The van der Waals surface area contributed by atoms with E-state index in [1.807, 2.05) is 23.6 Å². The first-order valence-electron chi connectivity index (χ1n) is 10.3. The van der Waals surface area contributed by atoms with E-state index in [0.717, 1.165) is 5.69 Å². The predicted molar refractivity (Wildman–Crippen MR) is 133 cm³/mol. The summed E-state index contributed by atoms with van der Waals surface area (Å²) in [7, 11) is 1.52. The van der Waals surface area contributed by atoms with Crippen LogP contribution in [0, 0.1) is 0 Å². The number of anilines is 3. The van der Waals surface area contributed by atoms with E-state index in [2.05, 4.69) is 20.9 Å². The number of aromatic nitrogens is 1. The van der Waals surface area contributed by atoms with Gasteiger partial charge in [0.05, 0.1) is 18.3 Å². The number of hydrogen-bond acceptors (Lipinski definition) is 6. The summed E-state index contributed by atoms with van der Waals surface area (Å²) in [5.41, 5.74) is 4.85. The zero-order valence-electron chi connectivity index (χ0n) is 18.3. The number of hydrogen-bond donors (Lipinski definition) is 3. The maximum absolute atomic E-state index is 12.7. The van der Waals surface area contributed by atoms with Crippen LogP contribution < -0.4 is 25.4 Å². The van der Waals surface area contributed by atoms with Crippen molar-refractivity contribution >= 4 is 40.3 Å². The molecule has 1 aromatic heterocycles. The molecule has 0 fully saturated rings. The second kappa shape index (κ2) is 11.0. The molecule has 0 unspecified atom stereocenters. The number of methoxy groups -OCH3 is 1. The van der Waals surface area contributed by atoms with Crippen LogP contribution in [0.15, 0.2) is 83.7 Å². The Bertz CT molecular complexity index is 1250. The Morgan fingerprint density at radius 1 is 0.853 bits per heavy atom. The van der Waals surface area contributed by atoms with E-state index in [1.54, 1.807) is 60.1 Å². The topological polar surface area (TPSA) is 102 Å². The van der Waals surface area contributed by atoms with Gasteiger partial charge in [0.1, 0.15) is 6.61 Å². The van der Waals surface area contributed by atoms with E-state index in [-0.39, 0.29) is 11.9 Å². The van der Waals surface area contributed by atoms with Crippen molar-refractivity contribution in [2.75, 3.05) is 23.1 Å². The molecule has 0 bridgehead atoms. The first-order chi connectivity index (χ1) is 16.6. The molecule has 4 aromatic rings. The maximum Gasteiger partial charge on any atom is 0.323 e. The summed E-state index contributed by atoms with van der Waals surface area (Å²) in [6.07, 6.45) is 0. The highest BCUT2D eigenvalue weighted by molar-refractivity contribution is 7.07. The van der Waals surface area contributed by atoms with Crippen LogP contribution >= 0.6 is 11.3 Å². The first kappa shape index (κ1) is 22.8. The molecule has 0 atom stereocenters. The fourth-order valence-electron chi connectivity index (χ4n) is 3.04. The number of thiazole rings is 1. The highest BCUT2D eigenvalue weighted by atomic mass is 32.1. The number of nitrogens with one attached hydrogen (secondary N) is 3. The van der Waals surface area contributed by atoms with Crippen molar-refractivity contribution in [3.63, 3.8) is 0 Å². The maximum atomic E-state index is 12.7. The zero-order valence-corrected chi connectivity index (χ0v) is 19.1. The van der Waals surface area contributed by atoms with Gasteiger partial charge in [0.2, 0.25) is 0 Å². The van der Waals surface area contributed by atoms with E-state index >= 15 is 0 Å². The Labute approximate surface area is 200 Å². The van der Waals surface area contributed by atoms with Gasteiger partial charge in [-0.05, 0) is 54.6 Å². The van der Waals surface area contributed by atoms with Crippen LogP contribution in [0.1, 0.15) is 16.1 Å². The average Bonchev–Trinajstić information content (AvgIpc) is 3.38. The molecule has 0 saturated heterocycles. The van der Waals surface area contributed by atoms with Crippen molar-refractivity contribution < 1.29 is 19.1 Å². The largest absolute Gasteiger partial charge is 0.493 e. The molecule has 0 radical (unpaired) electrons. The van der Waals surface area contributed by atoms with Gasteiger partial charge in [-0.2, -0.15) is 0 Å². The lowest BCUT2D eigenvalue weighted by Crippen LogP contribution is -2.19. The van der Waals surface area contributed by atoms with E-state index in [1.165, 1.54) is 18.4 Å². The summed E-state index contributed by atoms with van der Waals surface area (Å²) in [5, 5.41) is 10.2. The Morgan fingerprint density at radius 3 is 2.18 bits per heavy atom. The lowest BCUT2D eigenvalue weighted by atomic mass is 10.1. The predicted octanol–water partition coefficient (Wildman–Crippen LogP) is 5.63. The molecular weight excluding hydrogens is 452 g/mol. The highest BCUT2D eigenvalue weighted by Gasteiger charge is 2.12. The highest BCUT2D eigenvalue weighted by Crippen LogP contribution is 2.29. The summed E-state index contributed by atoms with van der Waals surface area (Å²) >= 11 is 1.50. The van der Waals surface area contributed by atoms with Crippen molar-refractivity contribution in [3.8, 4) is 11.5 Å². The van der Waals surface area contributed by atoms with E-state index < -0.39 is 0 Å². The summed E-state index contributed by atoms with van der Waals surface area (Å²) in [4.78, 5) is 29.0. The molecular formula is C25H22N4O4S. The SMILES string of the molecule is COc1cc(C(=O)Nc2ccc(NC(=O)Nc3ccccc3)cc2)ccc1OCc1cscn1. The molecule has 0 aliphatic rings. The third kappa shape index (κ3) is 6.11. The molecule has 3 aromatic carbocycles. The minimum absolute atomic E-state index is 0.299. The number of para-hydroxylation sites is 1. The molecule has 172 valence electrons. The minimum atomic E-state index is -0.354. The smallest absolute Gasteiger partial charge is 0.323 e. The Morgan fingerprint density at radius 2 is 1.53 bits per heavy atom. The van der Waals surface area contributed by atoms with Crippen LogP contribution in [0.3, 0.4) is 0 Å². The van der Waals surface area contributed by atoms with Gasteiger partial charge in [-0.1, -0.05) is 18.2 Å². The van der Waals surface area contributed by atoms with Gasteiger partial charge in [0, 0.05) is 28.0 Å². The van der Waals surface area contributed by atoms with Gasteiger partial charge in [-0.15, -0.1) is 11.3 Å². The third-order valence-corrected chi connectivity index (χ3v) is 5.35. The summed E-state index contributed by atoms with van der Waals surface area (Å²) < 4.78 is 11.1. The molecule has 1 heterocycles. The second-order valence-electron chi connectivity index (χ2n) is 7.11. The van der Waals surface area contributed by atoms with Gasteiger partial charge in [0.15, 0.2) is 11.5 Å². The molecule has 0 spiro atoms. The Hall–Kier alpha value is -4.37. The third-order valence-electron chi connectivity index (χ3n) is 4.72. The van der Waals surface area contributed by atoms with Gasteiger partial charge < -0.3 is 25.4 Å². The molecule has 8 nitrogen and oxygen atoms in total. The number of urea groups is 1. The molecule has 4 rings (SSSR count). The number of rotatable bonds is 8. The average molecular weight is 475 g/mol. The molecule has 9 heteroatoms. The second-order valence-corrected chi connectivity index (χ2v) is 7.83. The van der Waals surface area contributed by atoms with Crippen LogP contribution in [0.25, 0.3) is 0 Å². The fraction of sp³-hybridized carbons (Fsp3) is 0.0800. The van der Waals surface area contributed by atoms with Crippen LogP contribution in [0.4, 0.5) is 21.9 Å². The molecule has 0 saturated carbocycles. The number of carbonyl (C=O) groups excluding carboxylic acids is 2.